The summed E-state index contributed by atoms with van der Waals surface area (Å²) in [5.74, 6) is 1.58. The molecule has 4 rings (SSSR count). The number of hydrogen-bond acceptors (Lipinski definition) is 3. The van der Waals surface area contributed by atoms with Gasteiger partial charge < -0.3 is 9.30 Å². The first-order valence-electron chi connectivity index (χ1n) is 10.7. The van der Waals surface area contributed by atoms with Crippen molar-refractivity contribution in [1.82, 2.24) is 14.5 Å². The highest BCUT2D eigenvalue weighted by molar-refractivity contribution is 5.69. The van der Waals surface area contributed by atoms with Crippen LogP contribution in [0.1, 0.15) is 74.6 Å². The average molecular weight is 435 g/mol. The molecule has 1 aliphatic heterocycles. The Kier molecular flexibility index (Phi) is 5.52. The van der Waals surface area contributed by atoms with E-state index in [2.05, 4.69) is 9.55 Å². The topological polar surface area (TPSA) is 47.4 Å². The van der Waals surface area contributed by atoms with Gasteiger partial charge in [0.15, 0.2) is 0 Å². The summed E-state index contributed by atoms with van der Waals surface area (Å²) in [5, 5.41) is 0. The summed E-state index contributed by atoms with van der Waals surface area (Å²) in [5.41, 5.74) is 0.518. The third kappa shape index (κ3) is 4.88. The number of benzene rings is 1. The maximum Gasteiger partial charge on any atom is 0.416 e. The van der Waals surface area contributed by atoms with Crippen LogP contribution in [-0.4, -0.2) is 32.7 Å². The Morgan fingerprint density at radius 1 is 1.13 bits per heavy atom. The molecule has 1 aliphatic carbocycles. The fraction of sp³-hybridized carbons (Fsp3) is 0.565. The van der Waals surface area contributed by atoms with Crippen LogP contribution in [0.3, 0.4) is 0 Å². The zero-order valence-corrected chi connectivity index (χ0v) is 18.1. The molecule has 1 aromatic carbocycles. The molecule has 0 spiro atoms. The van der Waals surface area contributed by atoms with E-state index in [9.17, 15) is 18.0 Å². The summed E-state index contributed by atoms with van der Waals surface area (Å²) in [6.07, 6.45) is 0.547. The molecule has 5 nitrogen and oxygen atoms in total. The number of nitrogens with zero attached hydrogens (tertiary/aromatic N) is 3. The lowest BCUT2D eigenvalue weighted by molar-refractivity contribution is -0.137. The third-order valence-electron chi connectivity index (χ3n) is 5.76. The van der Waals surface area contributed by atoms with E-state index in [-0.39, 0.29) is 12.1 Å². The Hall–Kier alpha value is -2.51. The van der Waals surface area contributed by atoms with Crippen molar-refractivity contribution in [3.63, 3.8) is 0 Å². The zero-order chi connectivity index (χ0) is 22.4. The molecule has 8 heteroatoms. The fourth-order valence-corrected chi connectivity index (χ4v) is 4.11. The second kappa shape index (κ2) is 7.88. The van der Waals surface area contributed by atoms with Gasteiger partial charge >= 0.3 is 12.3 Å². The number of carbonyl (C=O) groups is 1. The molecule has 2 heterocycles. The van der Waals surface area contributed by atoms with Crippen LogP contribution in [0.15, 0.2) is 30.5 Å². The van der Waals surface area contributed by atoms with E-state index in [0.717, 1.165) is 42.1 Å². The Morgan fingerprint density at radius 3 is 2.39 bits per heavy atom. The van der Waals surface area contributed by atoms with Crippen LogP contribution >= 0.6 is 0 Å². The zero-order valence-electron chi connectivity index (χ0n) is 18.1. The molecule has 1 aromatic heterocycles. The van der Waals surface area contributed by atoms with Gasteiger partial charge in [-0.3, -0.25) is 4.90 Å². The molecule has 168 valence electrons. The molecule has 1 fully saturated rings. The Balaban J connectivity index is 1.55. The first-order chi connectivity index (χ1) is 14.5. The van der Waals surface area contributed by atoms with E-state index in [1.54, 1.807) is 4.90 Å². The van der Waals surface area contributed by atoms with Crippen LogP contribution in [0.2, 0.25) is 0 Å². The second-order valence-electron chi connectivity index (χ2n) is 9.39. The number of aromatic nitrogens is 2. The van der Waals surface area contributed by atoms with Crippen LogP contribution in [0.4, 0.5) is 18.0 Å². The number of aryl methyl sites for hydroxylation is 1. The fourth-order valence-electron chi connectivity index (χ4n) is 4.11. The van der Waals surface area contributed by atoms with Crippen molar-refractivity contribution in [2.45, 2.75) is 76.7 Å². The molecule has 1 unspecified atom stereocenters. The molecule has 1 saturated carbocycles. The van der Waals surface area contributed by atoms with E-state index in [1.165, 1.54) is 12.1 Å². The largest absolute Gasteiger partial charge is 0.444 e. The highest BCUT2D eigenvalue weighted by Crippen LogP contribution is 2.42. The summed E-state index contributed by atoms with van der Waals surface area (Å²) in [6, 6.07) is 5.01. The molecule has 1 amide bonds. The number of carbonyl (C=O) groups excluding carboxylic acids is 1. The maximum atomic E-state index is 12.9. The number of amides is 1. The monoisotopic (exact) mass is 435 g/mol. The summed E-state index contributed by atoms with van der Waals surface area (Å²) in [7, 11) is 0. The van der Waals surface area contributed by atoms with Gasteiger partial charge in [0.2, 0.25) is 0 Å². The normalized spacial score (nSPS) is 19.3. The summed E-state index contributed by atoms with van der Waals surface area (Å²) in [4.78, 5) is 19.3. The number of rotatable bonds is 4. The molecule has 2 aromatic rings. The number of imidazole rings is 1. The smallest absolute Gasteiger partial charge is 0.416 e. The van der Waals surface area contributed by atoms with Gasteiger partial charge in [0, 0.05) is 19.0 Å². The molecular formula is C23H28F3N3O2. The standard InChI is InChI=1S/C23H28F3N3O2/c1-22(2,3)31-21(30)29-13-12-28-19(14-27-20(28)16-7-8-16)18(29)11-6-15-4-9-17(10-5-15)23(24,25)26/h4-5,9-10,14,16,18H,6-8,11-13H2,1-3H3. The quantitative estimate of drug-likeness (QED) is 0.619. The van der Waals surface area contributed by atoms with Crippen LogP contribution in [0.25, 0.3) is 0 Å². The van der Waals surface area contributed by atoms with Gasteiger partial charge in [0.05, 0.1) is 23.5 Å². The molecule has 0 saturated heterocycles. The summed E-state index contributed by atoms with van der Waals surface area (Å²) < 4.78 is 46.4. The second-order valence-corrected chi connectivity index (χ2v) is 9.39. The minimum atomic E-state index is -4.35. The average Bonchev–Trinajstić information content (AvgIpc) is 3.43. The van der Waals surface area contributed by atoms with Gasteiger partial charge in [-0.2, -0.15) is 13.2 Å². The SMILES string of the molecule is CC(C)(C)OC(=O)N1CCn2c(cnc2C2CC2)C1CCc1ccc(C(F)(F)F)cc1. The summed E-state index contributed by atoms with van der Waals surface area (Å²) >= 11 is 0. The van der Waals surface area contributed by atoms with E-state index in [1.807, 2.05) is 27.0 Å². The first-order valence-corrected chi connectivity index (χ1v) is 10.7. The number of ether oxygens (including phenoxy) is 1. The van der Waals surface area contributed by atoms with Crippen molar-refractivity contribution < 1.29 is 22.7 Å². The number of alkyl halides is 3. The predicted octanol–water partition coefficient (Wildman–Crippen LogP) is 5.70. The Bertz CT molecular complexity index is 940. The molecule has 2 aliphatic rings. The highest BCUT2D eigenvalue weighted by Gasteiger charge is 2.38. The minimum Gasteiger partial charge on any atom is -0.444 e. The minimum absolute atomic E-state index is 0.231. The van der Waals surface area contributed by atoms with Crippen molar-refractivity contribution in [1.29, 1.82) is 0 Å². The Morgan fingerprint density at radius 2 is 1.81 bits per heavy atom. The van der Waals surface area contributed by atoms with Gasteiger partial charge in [-0.05, 0) is 64.2 Å². The lowest BCUT2D eigenvalue weighted by Gasteiger charge is -2.38. The number of hydrogen-bond donors (Lipinski definition) is 0. The molecular weight excluding hydrogens is 407 g/mol. The van der Waals surface area contributed by atoms with Crippen LogP contribution in [0, 0.1) is 0 Å². The van der Waals surface area contributed by atoms with Crippen molar-refractivity contribution in [2.24, 2.45) is 0 Å². The van der Waals surface area contributed by atoms with Gasteiger partial charge in [0.25, 0.3) is 0 Å². The van der Waals surface area contributed by atoms with E-state index >= 15 is 0 Å². The van der Waals surface area contributed by atoms with E-state index in [4.69, 9.17) is 4.74 Å². The van der Waals surface area contributed by atoms with Gasteiger partial charge in [-0.25, -0.2) is 9.78 Å². The number of halogens is 3. The van der Waals surface area contributed by atoms with Crippen LogP contribution < -0.4 is 0 Å². The van der Waals surface area contributed by atoms with Gasteiger partial charge in [-0.15, -0.1) is 0 Å². The molecule has 1 atom stereocenters. The van der Waals surface area contributed by atoms with E-state index in [0.29, 0.717) is 31.8 Å². The molecule has 0 radical (unpaired) electrons. The first kappa shape index (κ1) is 21.7. The van der Waals surface area contributed by atoms with Crippen molar-refractivity contribution in [3.8, 4) is 0 Å². The number of fused-ring (bicyclic) bond motifs is 1. The lowest BCUT2D eigenvalue weighted by Crippen LogP contribution is -2.44. The van der Waals surface area contributed by atoms with E-state index < -0.39 is 17.3 Å². The molecule has 0 N–H and O–H groups in total. The lowest BCUT2D eigenvalue weighted by atomic mass is 9.99. The van der Waals surface area contributed by atoms with Crippen molar-refractivity contribution >= 4 is 6.09 Å². The van der Waals surface area contributed by atoms with Crippen LogP contribution in [0.5, 0.6) is 0 Å². The molecule has 0 bridgehead atoms. The van der Waals surface area contributed by atoms with Gasteiger partial charge in [0.1, 0.15) is 11.4 Å². The summed E-state index contributed by atoms with van der Waals surface area (Å²) in [6.45, 7) is 6.71. The van der Waals surface area contributed by atoms with Crippen LogP contribution in [-0.2, 0) is 23.9 Å². The van der Waals surface area contributed by atoms with Gasteiger partial charge in [-0.1, -0.05) is 12.1 Å². The van der Waals surface area contributed by atoms with Crippen molar-refractivity contribution in [3.05, 3.63) is 53.1 Å². The third-order valence-corrected chi connectivity index (χ3v) is 5.76. The predicted molar refractivity (Wildman–Crippen MR) is 110 cm³/mol. The maximum absolute atomic E-state index is 12.9. The molecule has 31 heavy (non-hydrogen) atoms. The Labute approximate surface area is 180 Å². The highest BCUT2D eigenvalue weighted by atomic mass is 19.4. The van der Waals surface area contributed by atoms with Crippen molar-refractivity contribution in [2.75, 3.05) is 6.54 Å².